The van der Waals surface area contributed by atoms with Gasteiger partial charge in [0.05, 0.1) is 36.2 Å². The monoisotopic (exact) mass is 580 g/mol. The quantitative estimate of drug-likeness (QED) is 0.317. The molecule has 10 heteroatoms. The number of ether oxygens (including phenoxy) is 2. The molecule has 0 saturated heterocycles. The fraction of sp³-hybridized carbons (Fsp3) is 0.586. The van der Waals surface area contributed by atoms with Crippen LogP contribution in [0.4, 0.5) is 0 Å². The van der Waals surface area contributed by atoms with Crippen molar-refractivity contribution in [3.8, 4) is 11.5 Å². The molecule has 0 atom stereocenters. The van der Waals surface area contributed by atoms with Crippen LogP contribution >= 0.6 is 0 Å². The van der Waals surface area contributed by atoms with Crippen LogP contribution in [0, 0.1) is 17.3 Å². The Bertz CT molecular complexity index is 1180. The molecule has 0 amide bonds. The Hall–Kier alpha value is -2.14. The van der Waals surface area contributed by atoms with E-state index in [9.17, 15) is 16.8 Å². The van der Waals surface area contributed by atoms with E-state index < -0.39 is 20.2 Å². The Morgan fingerprint density at radius 1 is 0.564 bits per heavy atom. The minimum absolute atomic E-state index is 0.0552. The third-order valence-corrected chi connectivity index (χ3v) is 11.4. The summed E-state index contributed by atoms with van der Waals surface area (Å²) >= 11 is 0. The van der Waals surface area contributed by atoms with Gasteiger partial charge in [-0.2, -0.15) is 16.8 Å². The van der Waals surface area contributed by atoms with Crippen LogP contribution in [-0.2, 0) is 28.6 Å². The Labute approximate surface area is 233 Å². The molecule has 0 aromatic heterocycles. The molecule has 216 valence electrons. The van der Waals surface area contributed by atoms with Crippen LogP contribution < -0.4 is 9.47 Å². The van der Waals surface area contributed by atoms with Crippen molar-refractivity contribution >= 4 is 20.2 Å². The molecule has 2 aliphatic carbocycles. The Kier molecular flexibility index (Phi) is 9.30. The van der Waals surface area contributed by atoms with E-state index in [1.807, 2.05) is 0 Å². The number of rotatable bonds is 10. The van der Waals surface area contributed by atoms with E-state index in [1.165, 1.54) is 38.5 Å². The molecule has 0 bridgehead atoms. The standard InChI is InChI=1S/C29H40O8S2/c1-29(2,21-5-9-25(10-6-21)36-38(30,31)27-17-13-23(34-3)14-18-27)22-7-11-26(12-8-22)37-39(32,33)28-19-15-24(35-4)16-20-28/h13-22,25-26H,5-12H2,1-4H3. The lowest BCUT2D eigenvalue weighted by Crippen LogP contribution is -2.39. The summed E-state index contributed by atoms with van der Waals surface area (Å²) in [6, 6.07) is 12.5. The lowest BCUT2D eigenvalue weighted by Gasteiger charge is -2.46. The van der Waals surface area contributed by atoms with E-state index in [2.05, 4.69) is 13.8 Å². The van der Waals surface area contributed by atoms with Gasteiger partial charge in [0.15, 0.2) is 0 Å². The summed E-state index contributed by atoms with van der Waals surface area (Å²) in [4.78, 5) is 0.275. The van der Waals surface area contributed by atoms with Crippen molar-refractivity contribution in [1.29, 1.82) is 0 Å². The molecule has 8 nitrogen and oxygen atoms in total. The zero-order valence-electron chi connectivity index (χ0n) is 23.2. The molecular formula is C29H40O8S2. The van der Waals surface area contributed by atoms with Gasteiger partial charge in [0, 0.05) is 0 Å². The van der Waals surface area contributed by atoms with E-state index in [1.54, 1.807) is 24.3 Å². The van der Waals surface area contributed by atoms with E-state index in [-0.39, 0.29) is 27.4 Å². The molecule has 0 N–H and O–H groups in total. The van der Waals surface area contributed by atoms with E-state index >= 15 is 0 Å². The van der Waals surface area contributed by atoms with E-state index in [0.717, 1.165) is 25.7 Å². The first kappa shape index (κ1) is 29.8. The minimum atomic E-state index is -3.83. The topological polar surface area (TPSA) is 105 Å². The molecule has 2 aromatic carbocycles. The van der Waals surface area contributed by atoms with Crippen molar-refractivity contribution in [2.45, 2.75) is 87.2 Å². The predicted octanol–water partition coefficient (Wildman–Crippen LogP) is 5.96. The van der Waals surface area contributed by atoms with Gasteiger partial charge in [-0.25, -0.2) is 0 Å². The van der Waals surface area contributed by atoms with Crippen molar-refractivity contribution in [2.75, 3.05) is 14.2 Å². The molecule has 2 saturated carbocycles. The van der Waals surface area contributed by atoms with Crippen molar-refractivity contribution in [2.24, 2.45) is 17.3 Å². The van der Waals surface area contributed by atoms with Gasteiger partial charge in [0.2, 0.25) is 0 Å². The molecule has 2 aromatic rings. The number of benzene rings is 2. The maximum atomic E-state index is 12.8. The van der Waals surface area contributed by atoms with E-state index in [4.69, 9.17) is 17.8 Å². The van der Waals surface area contributed by atoms with Gasteiger partial charge in [0.25, 0.3) is 20.2 Å². The molecule has 39 heavy (non-hydrogen) atoms. The number of hydrogen-bond acceptors (Lipinski definition) is 8. The summed E-state index contributed by atoms with van der Waals surface area (Å²) in [5, 5.41) is 0. The van der Waals surface area contributed by atoms with Gasteiger partial charge in [-0.1, -0.05) is 13.8 Å². The van der Waals surface area contributed by atoms with Gasteiger partial charge >= 0.3 is 0 Å². The van der Waals surface area contributed by atoms with Crippen molar-refractivity contribution in [3.63, 3.8) is 0 Å². The van der Waals surface area contributed by atoms with Crippen molar-refractivity contribution < 1.29 is 34.7 Å². The number of methoxy groups -OCH3 is 2. The minimum Gasteiger partial charge on any atom is -0.497 e. The van der Waals surface area contributed by atoms with Crippen LogP contribution in [0.3, 0.4) is 0 Å². The van der Waals surface area contributed by atoms with Gasteiger partial charge in [0.1, 0.15) is 11.5 Å². The average molecular weight is 581 g/mol. The number of hydrogen-bond donors (Lipinski definition) is 0. The first-order chi connectivity index (χ1) is 18.4. The van der Waals surface area contributed by atoms with Crippen LogP contribution in [0.5, 0.6) is 11.5 Å². The molecule has 4 rings (SSSR count). The second-order valence-corrected chi connectivity index (χ2v) is 14.4. The average Bonchev–Trinajstić information content (AvgIpc) is 2.93. The predicted molar refractivity (Wildman–Crippen MR) is 148 cm³/mol. The van der Waals surface area contributed by atoms with Crippen LogP contribution in [0.25, 0.3) is 0 Å². The summed E-state index contributed by atoms with van der Waals surface area (Å²) in [5.41, 5.74) is 0.0552. The third kappa shape index (κ3) is 7.14. The second-order valence-electron chi connectivity index (χ2n) is 11.2. The molecular weight excluding hydrogens is 540 g/mol. The molecule has 0 spiro atoms. The highest BCUT2D eigenvalue weighted by molar-refractivity contribution is 7.87. The highest BCUT2D eigenvalue weighted by Gasteiger charge is 2.42. The molecule has 0 aliphatic heterocycles. The fourth-order valence-electron chi connectivity index (χ4n) is 6.09. The van der Waals surface area contributed by atoms with Gasteiger partial charge in [-0.15, -0.1) is 0 Å². The molecule has 2 aliphatic rings. The Morgan fingerprint density at radius 3 is 1.15 bits per heavy atom. The van der Waals surface area contributed by atoms with E-state index in [0.29, 0.717) is 49.0 Å². The first-order valence-electron chi connectivity index (χ1n) is 13.6. The highest BCUT2D eigenvalue weighted by atomic mass is 32.2. The van der Waals surface area contributed by atoms with Crippen molar-refractivity contribution in [1.82, 2.24) is 0 Å². The summed E-state index contributed by atoms with van der Waals surface area (Å²) in [7, 11) is -4.58. The maximum Gasteiger partial charge on any atom is 0.297 e. The Morgan fingerprint density at radius 2 is 0.872 bits per heavy atom. The third-order valence-electron chi connectivity index (χ3n) is 8.67. The Balaban J connectivity index is 1.27. The highest BCUT2D eigenvalue weighted by Crippen LogP contribution is 2.49. The van der Waals surface area contributed by atoms with Gasteiger partial charge in [-0.3, -0.25) is 8.37 Å². The molecule has 0 heterocycles. The lowest BCUT2D eigenvalue weighted by atomic mass is 9.60. The summed E-state index contributed by atoms with van der Waals surface area (Å²) in [6.45, 7) is 4.60. The van der Waals surface area contributed by atoms with Crippen LogP contribution in [0.15, 0.2) is 58.3 Å². The summed E-state index contributed by atoms with van der Waals surface area (Å²) in [5.74, 6) is 2.09. The summed E-state index contributed by atoms with van der Waals surface area (Å²) in [6.07, 6.45) is 5.74. The fourth-order valence-corrected chi connectivity index (χ4v) is 8.36. The second kappa shape index (κ2) is 12.2. The first-order valence-corrected chi connectivity index (χ1v) is 16.4. The van der Waals surface area contributed by atoms with Gasteiger partial charge < -0.3 is 9.47 Å². The lowest BCUT2D eigenvalue weighted by molar-refractivity contribution is 0.0133. The van der Waals surface area contributed by atoms with Crippen LogP contribution in [0.1, 0.15) is 65.2 Å². The molecule has 0 unspecified atom stereocenters. The molecule has 0 radical (unpaired) electrons. The van der Waals surface area contributed by atoms with Crippen LogP contribution in [0.2, 0.25) is 0 Å². The SMILES string of the molecule is COc1ccc(S(=O)(=O)OC2CCC(C(C)(C)C3CCC(OS(=O)(=O)c4ccc(OC)cc4)CC3)CC2)cc1. The zero-order valence-corrected chi connectivity index (χ0v) is 24.8. The summed E-state index contributed by atoms with van der Waals surface area (Å²) < 4.78 is 72.4. The smallest absolute Gasteiger partial charge is 0.297 e. The maximum absolute atomic E-state index is 12.8. The zero-order chi connectivity index (χ0) is 28.3. The molecule has 2 fully saturated rings. The largest absolute Gasteiger partial charge is 0.497 e. The normalized spacial score (nSPS) is 24.7. The van der Waals surface area contributed by atoms with Crippen LogP contribution in [-0.4, -0.2) is 43.3 Å². The van der Waals surface area contributed by atoms with Gasteiger partial charge in [-0.05, 0) is 117 Å². The van der Waals surface area contributed by atoms with Crippen molar-refractivity contribution in [3.05, 3.63) is 48.5 Å².